The second-order valence-electron chi connectivity index (χ2n) is 4.92. The van der Waals surface area contributed by atoms with Gasteiger partial charge in [0.2, 0.25) is 0 Å². The first-order valence-electron chi connectivity index (χ1n) is 6.45. The zero-order valence-corrected chi connectivity index (χ0v) is 11.5. The van der Waals surface area contributed by atoms with Crippen molar-refractivity contribution in [2.75, 3.05) is 26.3 Å². The normalized spacial score (nSPS) is 21.9. The van der Waals surface area contributed by atoms with Gasteiger partial charge in [-0.3, -0.25) is 4.79 Å². The first kappa shape index (κ1) is 15.2. The molecule has 0 radical (unpaired) electrons. The van der Waals surface area contributed by atoms with Gasteiger partial charge in [-0.2, -0.15) is 0 Å². The number of ether oxygens (including phenoxy) is 2. The molecule has 1 fully saturated rings. The molecule has 0 aromatic heterocycles. The molecule has 1 aliphatic rings. The number of carbonyl (C=O) groups is 2. The van der Waals surface area contributed by atoms with Crippen LogP contribution < -0.4 is 4.74 Å². The number of rotatable bonds is 4. The standard InChI is InChI=1S/C14H16FNO5/c1-14(13(18)19)9-16(6-7-21-14)12(17)8-20-11-5-3-2-4-10(11)15/h2-5H,6-9H2,1H3,(H,18,19). The van der Waals surface area contributed by atoms with Crippen molar-refractivity contribution in [2.45, 2.75) is 12.5 Å². The number of hydrogen-bond donors (Lipinski definition) is 1. The van der Waals surface area contributed by atoms with E-state index in [2.05, 4.69) is 0 Å². The summed E-state index contributed by atoms with van der Waals surface area (Å²) in [4.78, 5) is 24.5. The van der Waals surface area contributed by atoms with Crippen LogP contribution in [0.2, 0.25) is 0 Å². The van der Waals surface area contributed by atoms with E-state index in [-0.39, 0.29) is 32.1 Å². The van der Waals surface area contributed by atoms with Crippen LogP contribution in [0.15, 0.2) is 24.3 Å². The van der Waals surface area contributed by atoms with Crippen LogP contribution in [0, 0.1) is 5.82 Å². The number of amides is 1. The minimum Gasteiger partial charge on any atom is -0.481 e. The van der Waals surface area contributed by atoms with Gasteiger partial charge in [0.1, 0.15) is 0 Å². The average molecular weight is 297 g/mol. The number of morpholine rings is 1. The van der Waals surface area contributed by atoms with Gasteiger partial charge in [-0.25, -0.2) is 9.18 Å². The fraction of sp³-hybridized carbons (Fsp3) is 0.429. The fourth-order valence-corrected chi connectivity index (χ4v) is 2.00. The molecule has 1 unspecified atom stereocenters. The molecule has 0 aliphatic carbocycles. The van der Waals surface area contributed by atoms with Crippen LogP contribution in [0.25, 0.3) is 0 Å². The lowest BCUT2D eigenvalue weighted by Crippen LogP contribution is -2.56. The van der Waals surface area contributed by atoms with Crippen molar-refractivity contribution in [3.63, 3.8) is 0 Å². The maximum Gasteiger partial charge on any atom is 0.337 e. The van der Waals surface area contributed by atoms with Gasteiger partial charge in [-0.15, -0.1) is 0 Å². The van der Waals surface area contributed by atoms with E-state index in [0.717, 1.165) is 0 Å². The number of para-hydroxylation sites is 1. The smallest absolute Gasteiger partial charge is 0.337 e. The van der Waals surface area contributed by atoms with E-state index >= 15 is 0 Å². The lowest BCUT2D eigenvalue weighted by atomic mass is 10.1. The van der Waals surface area contributed by atoms with E-state index in [9.17, 15) is 14.0 Å². The van der Waals surface area contributed by atoms with E-state index in [4.69, 9.17) is 14.6 Å². The van der Waals surface area contributed by atoms with Crippen LogP contribution in [0.5, 0.6) is 5.75 Å². The molecule has 2 rings (SSSR count). The van der Waals surface area contributed by atoms with Crippen LogP contribution in [-0.2, 0) is 14.3 Å². The third kappa shape index (κ3) is 3.49. The summed E-state index contributed by atoms with van der Waals surface area (Å²) in [6.45, 7) is 1.40. The lowest BCUT2D eigenvalue weighted by Gasteiger charge is -2.37. The molecule has 0 bridgehead atoms. The van der Waals surface area contributed by atoms with Gasteiger partial charge in [0.05, 0.1) is 13.2 Å². The Bertz CT molecular complexity index is 550. The van der Waals surface area contributed by atoms with Crippen molar-refractivity contribution in [1.82, 2.24) is 4.90 Å². The van der Waals surface area contributed by atoms with Crippen molar-refractivity contribution < 1.29 is 28.6 Å². The number of carboxylic acid groups (broad SMARTS) is 1. The molecule has 0 saturated carbocycles. The molecule has 1 saturated heterocycles. The topological polar surface area (TPSA) is 76.1 Å². The summed E-state index contributed by atoms with van der Waals surface area (Å²) < 4.78 is 23.7. The highest BCUT2D eigenvalue weighted by Gasteiger charge is 2.40. The second-order valence-corrected chi connectivity index (χ2v) is 4.92. The third-order valence-corrected chi connectivity index (χ3v) is 3.27. The number of nitrogens with zero attached hydrogens (tertiary/aromatic N) is 1. The van der Waals surface area contributed by atoms with Gasteiger partial charge in [0, 0.05) is 6.54 Å². The molecule has 1 aromatic rings. The van der Waals surface area contributed by atoms with E-state index in [1.54, 1.807) is 6.07 Å². The summed E-state index contributed by atoms with van der Waals surface area (Å²) in [5.74, 6) is -2.10. The van der Waals surface area contributed by atoms with Gasteiger partial charge in [0.25, 0.3) is 5.91 Å². The quantitative estimate of drug-likeness (QED) is 0.894. The Balaban J connectivity index is 1.94. The number of benzene rings is 1. The third-order valence-electron chi connectivity index (χ3n) is 3.27. The summed E-state index contributed by atoms with van der Waals surface area (Å²) in [7, 11) is 0. The summed E-state index contributed by atoms with van der Waals surface area (Å²) >= 11 is 0. The van der Waals surface area contributed by atoms with Gasteiger partial charge in [-0.05, 0) is 19.1 Å². The molecule has 1 atom stereocenters. The van der Waals surface area contributed by atoms with Crippen LogP contribution in [0.1, 0.15) is 6.92 Å². The molecule has 6 nitrogen and oxygen atoms in total. The van der Waals surface area contributed by atoms with E-state index in [1.165, 1.54) is 30.0 Å². The molecular formula is C14H16FNO5. The van der Waals surface area contributed by atoms with Crippen molar-refractivity contribution >= 4 is 11.9 Å². The van der Waals surface area contributed by atoms with Gasteiger partial charge in [-0.1, -0.05) is 12.1 Å². The second kappa shape index (κ2) is 6.09. The van der Waals surface area contributed by atoms with Crippen molar-refractivity contribution in [1.29, 1.82) is 0 Å². The number of halogens is 1. The minimum absolute atomic E-state index is 0.0138. The summed E-state index contributed by atoms with van der Waals surface area (Å²) in [5, 5.41) is 9.10. The van der Waals surface area contributed by atoms with Crippen LogP contribution in [0.4, 0.5) is 4.39 Å². The Labute approximate surface area is 121 Å². The molecule has 21 heavy (non-hydrogen) atoms. The SMILES string of the molecule is CC1(C(=O)O)CN(C(=O)COc2ccccc2F)CCO1. The first-order valence-corrected chi connectivity index (χ1v) is 6.45. The zero-order valence-electron chi connectivity index (χ0n) is 11.5. The monoisotopic (exact) mass is 297 g/mol. The van der Waals surface area contributed by atoms with E-state index in [1.807, 2.05) is 0 Å². The van der Waals surface area contributed by atoms with Crippen LogP contribution in [-0.4, -0.2) is 53.8 Å². The fourth-order valence-electron chi connectivity index (χ4n) is 2.00. The highest BCUT2D eigenvalue weighted by Crippen LogP contribution is 2.19. The summed E-state index contributed by atoms with van der Waals surface area (Å²) in [6, 6.07) is 5.77. The Hall–Kier alpha value is -2.15. The Morgan fingerprint density at radius 2 is 2.19 bits per heavy atom. The Morgan fingerprint density at radius 1 is 1.48 bits per heavy atom. The molecule has 1 heterocycles. The number of aliphatic carboxylic acids is 1. The highest BCUT2D eigenvalue weighted by atomic mass is 19.1. The Kier molecular flexibility index (Phi) is 4.42. The predicted octanol–water partition coefficient (Wildman–Crippen LogP) is 0.907. The van der Waals surface area contributed by atoms with Crippen molar-refractivity contribution in [3.05, 3.63) is 30.1 Å². The van der Waals surface area contributed by atoms with Gasteiger partial charge >= 0.3 is 5.97 Å². The highest BCUT2D eigenvalue weighted by molar-refractivity contribution is 5.81. The molecule has 114 valence electrons. The molecular weight excluding hydrogens is 281 g/mol. The van der Waals surface area contributed by atoms with Crippen molar-refractivity contribution in [3.8, 4) is 5.75 Å². The number of hydrogen-bond acceptors (Lipinski definition) is 4. The first-order chi connectivity index (χ1) is 9.92. The van der Waals surface area contributed by atoms with E-state index in [0.29, 0.717) is 0 Å². The van der Waals surface area contributed by atoms with Crippen molar-refractivity contribution in [2.24, 2.45) is 0 Å². The summed E-state index contributed by atoms with van der Waals surface area (Å²) in [5.41, 5.74) is -1.42. The maximum absolute atomic E-state index is 13.4. The lowest BCUT2D eigenvalue weighted by molar-refractivity contribution is -0.177. The average Bonchev–Trinajstić information content (AvgIpc) is 2.46. The van der Waals surface area contributed by atoms with Gasteiger partial charge in [0.15, 0.2) is 23.8 Å². The van der Waals surface area contributed by atoms with Gasteiger partial charge < -0.3 is 19.5 Å². The molecule has 1 amide bonds. The molecule has 1 N–H and O–H groups in total. The number of carboxylic acids is 1. The molecule has 1 aliphatic heterocycles. The predicted molar refractivity (Wildman–Crippen MR) is 70.5 cm³/mol. The zero-order chi connectivity index (χ0) is 15.5. The molecule has 1 aromatic carbocycles. The number of carbonyl (C=O) groups excluding carboxylic acids is 1. The molecule has 7 heteroatoms. The molecule has 0 spiro atoms. The Morgan fingerprint density at radius 3 is 2.86 bits per heavy atom. The van der Waals surface area contributed by atoms with E-state index < -0.39 is 23.3 Å². The minimum atomic E-state index is -1.42. The van der Waals surface area contributed by atoms with Crippen LogP contribution in [0.3, 0.4) is 0 Å². The maximum atomic E-state index is 13.4. The summed E-state index contributed by atoms with van der Waals surface area (Å²) in [6.07, 6.45) is 0. The largest absolute Gasteiger partial charge is 0.481 e. The van der Waals surface area contributed by atoms with Crippen LogP contribution >= 0.6 is 0 Å².